The maximum absolute atomic E-state index is 10.7. The van der Waals surface area contributed by atoms with Crippen LogP contribution in [0.5, 0.6) is 0 Å². The Morgan fingerprint density at radius 2 is 1.75 bits per heavy atom. The van der Waals surface area contributed by atoms with Crippen molar-refractivity contribution in [3.63, 3.8) is 0 Å². The Hall–Kier alpha value is -2.26. The van der Waals surface area contributed by atoms with Gasteiger partial charge in [0.15, 0.2) is 5.56 Å². The molecule has 0 saturated heterocycles. The van der Waals surface area contributed by atoms with Gasteiger partial charge >= 0.3 is 5.79 Å². The zero-order valence-corrected chi connectivity index (χ0v) is 7.86. The van der Waals surface area contributed by atoms with Gasteiger partial charge in [0.05, 0.1) is 5.69 Å². The Balaban J connectivity index is 3.49. The molecule has 0 saturated carbocycles. The van der Waals surface area contributed by atoms with Crippen molar-refractivity contribution in [2.75, 3.05) is 5.73 Å². The molecule has 1 aromatic carbocycles. The van der Waals surface area contributed by atoms with Gasteiger partial charge in [-0.05, 0) is 12.1 Å². The molecule has 0 aliphatic heterocycles. The van der Waals surface area contributed by atoms with E-state index in [0.29, 0.717) is 0 Å². The van der Waals surface area contributed by atoms with Crippen LogP contribution in [0, 0.1) is 20.2 Å². The third-order valence-corrected chi connectivity index (χ3v) is 2.02. The van der Waals surface area contributed by atoms with Crippen molar-refractivity contribution >= 4 is 5.69 Å². The summed E-state index contributed by atoms with van der Waals surface area (Å²) < 4.78 is 0. The number of nitrogen functional groups attached to an aromatic ring is 1. The number of para-hydroxylation sites is 1. The molecule has 9 heteroatoms. The van der Waals surface area contributed by atoms with E-state index in [9.17, 15) is 20.2 Å². The largest absolute Gasteiger partial charge is 0.570 e. The van der Waals surface area contributed by atoms with Crippen molar-refractivity contribution in [1.82, 2.24) is 5.48 Å². The number of rotatable bonds is 4. The number of hydrogen-bond acceptors (Lipinski definition) is 7. The molecule has 4 N–H and O–H groups in total. The van der Waals surface area contributed by atoms with E-state index in [1.54, 1.807) is 0 Å². The molecule has 0 bridgehead atoms. The van der Waals surface area contributed by atoms with Crippen molar-refractivity contribution in [2.45, 2.75) is 5.79 Å². The first kappa shape index (κ1) is 11.8. The van der Waals surface area contributed by atoms with Gasteiger partial charge in [0, 0.05) is 0 Å². The van der Waals surface area contributed by atoms with E-state index in [0.717, 1.165) is 11.5 Å². The summed E-state index contributed by atoms with van der Waals surface area (Å²) in [5.41, 5.74) is 5.88. The molecule has 0 unspecified atom stereocenters. The third kappa shape index (κ3) is 1.53. The van der Waals surface area contributed by atoms with Crippen LogP contribution in [0.3, 0.4) is 0 Å². The molecular weight excluding hydrogens is 220 g/mol. The Morgan fingerprint density at radius 3 is 2.12 bits per heavy atom. The van der Waals surface area contributed by atoms with Gasteiger partial charge in [0.2, 0.25) is 0 Å². The Labute approximate surface area is 88.7 Å². The number of nitrogens with two attached hydrogens (primary N) is 1. The van der Waals surface area contributed by atoms with Crippen LogP contribution < -0.4 is 11.2 Å². The molecule has 0 aliphatic carbocycles. The van der Waals surface area contributed by atoms with E-state index in [2.05, 4.69) is 0 Å². The van der Waals surface area contributed by atoms with Gasteiger partial charge in [-0.1, -0.05) is 17.6 Å². The van der Waals surface area contributed by atoms with Crippen molar-refractivity contribution in [3.8, 4) is 0 Å². The summed E-state index contributed by atoms with van der Waals surface area (Å²) in [5, 5.41) is 30.2. The van der Waals surface area contributed by atoms with Crippen LogP contribution in [0.25, 0.3) is 0 Å². The van der Waals surface area contributed by atoms with Crippen molar-refractivity contribution in [3.05, 3.63) is 50.1 Å². The first-order valence-electron chi connectivity index (χ1n) is 4.02. The van der Waals surface area contributed by atoms with Crippen LogP contribution in [0.2, 0.25) is 0 Å². The average molecular weight is 228 g/mol. The fraction of sp³-hybridized carbons (Fsp3) is 0.143. The fourth-order valence-corrected chi connectivity index (χ4v) is 1.22. The Kier molecular flexibility index (Phi) is 3.01. The Morgan fingerprint density at radius 1 is 1.25 bits per heavy atom. The minimum Gasteiger partial charge on any atom is -0.398 e. The summed E-state index contributed by atoms with van der Waals surface area (Å²) in [5.74, 6) is -3.05. The van der Waals surface area contributed by atoms with E-state index >= 15 is 0 Å². The highest BCUT2D eigenvalue weighted by molar-refractivity contribution is 5.48. The number of nitrogens with one attached hydrogen (secondary N) is 1. The van der Waals surface area contributed by atoms with E-state index < -0.39 is 21.2 Å². The standard InChI is InChI=1S/C7H8N4O5/c8-6-4-2-1-3-5(6)7(9-12,10(13)14)11(15)16/h1-4,9,12H,8H2. The molecule has 86 valence electrons. The molecule has 1 aromatic rings. The molecule has 0 radical (unpaired) electrons. The highest BCUT2D eigenvalue weighted by Crippen LogP contribution is 2.27. The van der Waals surface area contributed by atoms with Gasteiger partial charge in [-0.15, -0.1) is 0 Å². The molecule has 16 heavy (non-hydrogen) atoms. The molecule has 0 aliphatic rings. The quantitative estimate of drug-likeness (QED) is 0.282. The SMILES string of the molecule is Nc1ccccc1C(NO)([N+](=O)[O-])[N+](=O)[O-]. The van der Waals surface area contributed by atoms with Crippen LogP contribution >= 0.6 is 0 Å². The molecule has 9 nitrogen and oxygen atoms in total. The number of hydroxylamine groups is 1. The molecule has 0 aromatic heterocycles. The van der Waals surface area contributed by atoms with E-state index in [4.69, 9.17) is 10.9 Å². The number of nitro groups is 2. The van der Waals surface area contributed by atoms with Gasteiger partial charge in [-0.2, -0.15) is 0 Å². The van der Waals surface area contributed by atoms with Gasteiger partial charge < -0.3 is 10.9 Å². The summed E-state index contributed by atoms with van der Waals surface area (Å²) in [6.07, 6.45) is 0. The maximum atomic E-state index is 10.7. The fourth-order valence-electron chi connectivity index (χ4n) is 1.22. The van der Waals surface area contributed by atoms with Crippen molar-refractivity contribution < 1.29 is 15.1 Å². The summed E-state index contributed by atoms with van der Waals surface area (Å²) in [7, 11) is 0. The monoisotopic (exact) mass is 228 g/mol. The van der Waals surface area contributed by atoms with E-state index in [1.165, 1.54) is 18.2 Å². The molecule has 0 heterocycles. The van der Waals surface area contributed by atoms with Crippen molar-refractivity contribution in [1.29, 1.82) is 0 Å². The first-order chi connectivity index (χ1) is 7.46. The minimum absolute atomic E-state index is 0.169. The summed E-state index contributed by atoms with van der Waals surface area (Å²) in [4.78, 5) is 18.9. The summed E-state index contributed by atoms with van der Waals surface area (Å²) in [6.45, 7) is 0. The van der Waals surface area contributed by atoms with Crippen LogP contribution in [0.1, 0.15) is 5.56 Å². The third-order valence-electron chi connectivity index (χ3n) is 2.02. The Bertz CT molecular complexity index is 421. The summed E-state index contributed by atoms with van der Waals surface area (Å²) in [6, 6.07) is 5.14. The first-order valence-corrected chi connectivity index (χ1v) is 4.02. The topological polar surface area (TPSA) is 145 Å². The molecule has 0 amide bonds. The second kappa shape index (κ2) is 4.08. The lowest BCUT2D eigenvalue weighted by atomic mass is 10.1. The normalized spacial score (nSPS) is 11.1. The number of nitrogens with zero attached hydrogens (tertiary/aromatic N) is 2. The van der Waals surface area contributed by atoms with E-state index in [-0.39, 0.29) is 5.69 Å². The predicted octanol–water partition coefficient (Wildman–Crippen LogP) is -0.0887. The maximum Gasteiger partial charge on any atom is 0.570 e. The lowest BCUT2D eigenvalue weighted by molar-refractivity contribution is -0.827. The smallest absolute Gasteiger partial charge is 0.398 e. The summed E-state index contributed by atoms with van der Waals surface area (Å²) >= 11 is 0. The average Bonchev–Trinajstić information content (AvgIpc) is 2.21. The molecule has 0 fully saturated rings. The number of hydrogen-bond donors (Lipinski definition) is 3. The van der Waals surface area contributed by atoms with Crippen LogP contribution in [-0.2, 0) is 5.79 Å². The highest BCUT2D eigenvalue weighted by atomic mass is 16.7. The number of benzene rings is 1. The molecule has 0 atom stereocenters. The van der Waals surface area contributed by atoms with E-state index in [1.807, 2.05) is 0 Å². The number of anilines is 1. The minimum atomic E-state index is -3.05. The predicted molar refractivity (Wildman–Crippen MR) is 51.4 cm³/mol. The van der Waals surface area contributed by atoms with Crippen LogP contribution in [-0.4, -0.2) is 15.1 Å². The van der Waals surface area contributed by atoms with Crippen LogP contribution in [0.4, 0.5) is 5.69 Å². The second-order valence-corrected chi connectivity index (χ2v) is 2.89. The van der Waals surface area contributed by atoms with Crippen LogP contribution in [0.15, 0.2) is 24.3 Å². The lowest BCUT2D eigenvalue weighted by Gasteiger charge is -2.16. The lowest BCUT2D eigenvalue weighted by Crippen LogP contribution is -2.54. The zero-order valence-electron chi connectivity index (χ0n) is 7.86. The molecular formula is C7H8N4O5. The van der Waals surface area contributed by atoms with Gasteiger partial charge in [-0.3, -0.25) is 20.2 Å². The second-order valence-electron chi connectivity index (χ2n) is 2.89. The molecule has 0 spiro atoms. The van der Waals surface area contributed by atoms with Gasteiger partial charge in [0.1, 0.15) is 9.85 Å². The van der Waals surface area contributed by atoms with Gasteiger partial charge in [-0.25, -0.2) is 0 Å². The van der Waals surface area contributed by atoms with Gasteiger partial charge in [0.25, 0.3) is 0 Å². The molecule has 1 rings (SSSR count). The highest BCUT2D eigenvalue weighted by Gasteiger charge is 2.60. The van der Waals surface area contributed by atoms with Crippen molar-refractivity contribution in [2.24, 2.45) is 0 Å². The zero-order chi connectivity index (χ0) is 12.3.